The maximum absolute atomic E-state index is 12.7. The summed E-state index contributed by atoms with van der Waals surface area (Å²) in [5.74, 6) is 2.92. The summed E-state index contributed by atoms with van der Waals surface area (Å²) in [7, 11) is 0. The molecule has 0 spiro atoms. The third-order valence-electron chi connectivity index (χ3n) is 4.52. The minimum absolute atomic E-state index is 0.0504. The minimum atomic E-state index is -1.04. The van der Waals surface area contributed by atoms with Crippen LogP contribution >= 0.6 is 0 Å². The molecule has 0 bridgehead atoms. The topological polar surface area (TPSA) is 217 Å². The molecule has 12 heteroatoms. The van der Waals surface area contributed by atoms with Crippen molar-refractivity contribution in [3.8, 4) is 0 Å². The number of nitrogens with zero attached hydrogens (tertiary/aromatic N) is 1. The molecule has 0 aliphatic rings. The van der Waals surface area contributed by atoms with Crippen LogP contribution in [0.2, 0.25) is 0 Å². The Kier molecular flexibility index (Phi) is 8.94. The molecule has 2 atom stereocenters. The first-order valence-corrected chi connectivity index (χ1v) is 9.63. The number of imide groups is 1. The number of nitrogens with one attached hydrogen (secondary N) is 3. The van der Waals surface area contributed by atoms with E-state index < -0.39 is 36.4 Å². The van der Waals surface area contributed by atoms with Crippen molar-refractivity contribution in [3.05, 3.63) is 36.0 Å². The second kappa shape index (κ2) is 11.6. The number of carbonyl (C=O) groups excluding carboxylic acids is 3. The third-order valence-corrected chi connectivity index (χ3v) is 4.52. The van der Waals surface area contributed by atoms with Crippen LogP contribution in [-0.2, 0) is 25.6 Å². The molecule has 2 aromatic rings. The van der Waals surface area contributed by atoms with Crippen LogP contribution in [0.3, 0.4) is 0 Å². The molecule has 3 amide bonds. The van der Waals surface area contributed by atoms with Gasteiger partial charge in [-0.1, -0.05) is 18.2 Å². The minimum Gasteiger partial charge on any atom is -0.370 e. The molecule has 0 aliphatic heterocycles. The first-order valence-electron chi connectivity index (χ1n) is 9.63. The first-order chi connectivity index (χ1) is 14.8. The van der Waals surface area contributed by atoms with Crippen molar-refractivity contribution in [2.24, 2.45) is 28.1 Å². The standard InChI is InChI=1S/C19H28N8O4/c20-13(5-3-7-24-19(21)22)17(29)27-18(30)15(26-16(28)10-31-23)8-11-9-25-14-6-2-1-4-12(11)14/h1-2,4,6,9,13,15,25H,3,5,7-8,10,20,23H2,(H,26,28)(H4,21,22,24)(H,27,29,30)/t13-,15-/m0/s1. The molecule has 0 fully saturated rings. The Morgan fingerprint density at radius 1 is 1.16 bits per heavy atom. The predicted molar refractivity (Wildman–Crippen MR) is 115 cm³/mol. The van der Waals surface area contributed by atoms with Gasteiger partial charge in [0.1, 0.15) is 12.6 Å². The lowest BCUT2D eigenvalue weighted by Gasteiger charge is -2.19. The van der Waals surface area contributed by atoms with Crippen molar-refractivity contribution < 1.29 is 19.2 Å². The lowest BCUT2D eigenvalue weighted by atomic mass is 10.0. The molecule has 1 aromatic carbocycles. The Labute approximate surface area is 178 Å². The molecule has 0 saturated heterocycles. The Bertz CT molecular complexity index is 938. The first kappa shape index (κ1) is 23.8. The van der Waals surface area contributed by atoms with Crippen molar-refractivity contribution in [2.75, 3.05) is 13.2 Å². The average Bonchev–Trinajstić information content (AvgIpc) is 3.13. The molecular formula is C19H28N8O4. The SMILES string of the molecule is NOCC(=O)N[C@@H](Cc1c[nH]c2ccccc12)C(=O)NC(=O)[C@@H](N)CCCN=C(N)N. The fourth-order valence-electron chi connectivity index (χ4n) is 2.99. The van der Waals surface area contributed by atoms with E-state index in [0.717, 1.165) is 16.5 Å². The number of amides is 3. The molecule has 0 unspecified atom stereocenters. The highest BCUT2D eigenvalue weighted by Gasteiger charge is 2.26. The summed E-state index contributed by atoms with van der Waals surface area (Å²) >= 11 is 0. The van der Waals surface area contributed by atoms with Gasteiger partial charge in [-0.3, -0.25) is 29.5 Å². The van der Waals surface area contributed by atoms with Crippen molar-refractivity contribution in [3.63, 3.8) is 0 Å². The quantitative estimate of drug-likeness (QED) is 0.0919. The van der Waals surface area contributed by atoms with E-state index >= 15 is 0 Å². The summed E-state index contributed by atoms with van der Waals surface area (Å²) in [4.78, 5) is 48.2. The number of aliphatic imine (C=N–C) groups is 1. The molecular weight excluding hydrogens is 404 g/mol. The number of fused-ring (bicyclic) bond motifs is 1. The van der Waals surface area contributed by atoms with Gasteiger partial charge in [0.25, 0.3) is 0 Å². The lowest BCUT2D eigenvalue weighted by Crippen LogP contribution is -2.53. The molecule has 31 heavy (non-hydrogen) atoms. The van der Waals surface area contributed by atoms with Gasteiger partial charge >= 0.3 is 0 Å². The van der Waals surface area contributed by atoms with Gasteiger partial charge in [0, 0.05) is 30.1 Å². The van der Waals surface area contributed by atoms with Gasteiger partial charge in [-0.05, 0) is 24.5 Å². The molecule has 2 rings (SSSR count). The molecule has 0 radical (unpaired) electrons. The number of para-hydroxylation sites is 1. The second-order valence-corrected chi connectivity index (χ2v) is 6.90. The van der Waals surface area contributed by atoms with Crippen LogP contribution in [0.1, 0.15) is 18.4 Å². The van der Waals surface area contributed by atoms with Gasteiger partial charge in [-0.25, -0.2) is 5.90 Å². The van der Waals surface area contributed by atoms with Crippen LogP contribution in [0.4, 0.5) is 0 Å². The summed E-state index contributed by atoms with van der Waals surface area (Å²) in [5, 5.41) is 5.67. The summed E-state index contributed by atoms with van der Waals surface area (Å²) in [6.07, 6.45) is 2.62. The van der Waals surface area contributed by atoms with Crippen LogP contribution in [0.25, 0.3) is 10.9 Å². The molecule has 1 heterocycles. The number of carbonyl (C=O) groups is 3. The zero-order valence-corrected chi connectivity index (χ0v) is 17.0. The normalized spacial score (nSPS) is 12.7. The molecule has 1 aromatic heterocycles. The average molecular weight is 432 g/mol. The number of hydrogen-bond donors (Lipinski definition) is 7. The number of aromatic nitrogens is 1. The second-order valence-electron chi connectivity index (χ2n) is 6.90. The van der Waals surface area contributed by atoms with Gasteiger partial charge in [-0.2, -0.15) is 0 Å². The summed E-state index contributed by atoms with van der Waals surface area (Å²) in [5.41, 5.74) is 18.0. The zero-order chi connectivity index (χ0) is 22.8. The summed E-state index contributed by atoms with van der Waals surface area (Å²) in [6, 6.07) is 5.54. The molecule has 168 valence electrons. The predicted octanol–water partition coefficient (Wildman–Crippen LogP) is -1.89. The highest BCUT2D eigenvalue weighted by atomic mass is 16.6. The van der Waals surface area contributed by atoms with Crippen molar-refractivity contribution in [1.82, 2.24) is 15.6 Å². The van der Waals surface area contributed by atoms with E-state index in [1.165, 1.54) is 0 Å². The maximum Gasteiger partial charge on any atom is 0.249 e. The van der Waals surface area contributed by atoms with Crippen LogP contribution < -0.4 is 33.7 Å². The fraction of sp³-hybridized carbons (Fsp3) is 0.368. The van der Waals surface area contributed by atoms with Gasteiger partial charge in [0.2, 0.25) is 17.7 Å². The van der Waals surface area contributed by atoms with Crippen LogP contribution in [0.5, 0.6) is 0 Å². The van der Waals surface area contributed by atoms with E-state index in [1.54, 1.807) is 6.20 Å². The van der Waals surface area contributed by atoms with E-state index in [1.807, 2.05) is 24.3 Å². The molecule has 0 saturated carbocycles. The zero-order valence-electron chi connectivity index (χ0n) is 17.0. The highest BCUT2D eigenvalue weighted by Crippen LogP contribution is 2.19. The number of rotatable bonds is 11. The maximum atomic E-state index is 12.7. The molecule has 11 N–H and O–H groups in total. The largest absolute Gasteiger partial charge is 0.370 e. The van der Waals surface area contributed by atoms with Crippen molar-refractivity contribution >= 4 is 34.6 Å². The monoisotopic (exact) mass is 432 g/mol. The highest BCUT2D eigenvalue weighted by molar-refractivity contribution is 6.01. The number of benzene rings is 1. The van der Waals surface area contributed by atoms with E-state index in [4.69, 9.17) is 23.1 Å². The third kappa shape index (κ3) is 7.37. The number of guanidine groups is 1. The van der Waals surface area contributed by atoms with Crippen LogP contribution in [0, 0.1) is 0 Å². The van der Waals surface area contributed by atoms with E-state index in [9.17, 15) is 14.4 Å². The molecule has 12 nitrogen and oxygen atoms in total. The lowest BCUT2D eigenvalue weighted by molar-refractivity contribution is -0.135. The van der Waals surface area contributed by atoms with Crippen LogP contribution in [-0.4, -0.2) is 53.9 Å². The molecule has 0 aliphatic carbocycles. The Morgan fingerprint density at radius 3 is 2.61 bits per heavy atom. The van der Waals surface area contributed by atoms with Crippen LogP contribution in [0.15, 0.2) is 35.5 Å². The van der Waals surface area contributed by atoms with Gasteiger partial charge in [0.15, 0.2) is 5.96 Å². The Balaban J connectivity index is 2.04. The summed E-state index contributed by atoms with van der Waals surface area (Å²) in [6.45, 7) is -0.120. The van der Waals surface area contributed by atoms with Gasteiger partial charge in [-0.15, -0.1) is 0 Å². The number of aromatic amines is 1. The number of hydrogen-bond acceptors (Lipinski definition) is 7. The van der Waals surface area contributed by atoms with Gasteiger partial charge < -0.3 is 27.5 Å². The van der Waals surface area contributed by atoms with E-state index in [-0.39, 0.29) is 18.8 Å². The summed E-state index contributed by atoms with van der Waals surface area (Å²) < 4.78 is 0. The smallest absolute Gasteiger partial charge is 0.249 e. The number of nitrogens with two attached hydrogens (primary N) is 4. The fourth-order valence-corrected chi connectivity index (χ4v) is 2.99. The Hall–Kier alpha value is -3.48. The van der Waals surface area contributed by atoms with Crippen molar-refractivity contribution in [2.45, 2.75) is 31.3 Å². The number of H-pyrrole nitrogens is 1. The Morgan fingerprint density at radius 2 is 1.90 bits per heavy atom. The van der Waals surface area contributed by atoms with E-state index in [0.29, 0.717) is 13.0 Å². The van der Waals surface area contributed by atoms with Crippen molar-refractivity contribution in [1.29, 1.82) is 0 Å². The van der Waals surface area contributed by atoms with Gasteiger partial charge in [0.05, 0.1) is 6.04 Å². The van der Waals surface area contributed by atoms with E-state index in [2.05, 4.69) is 25.4 Å².